The van der Waals surface area contributed by atoms with Gasteiger partial charge in [-0.05, 0) is 36.8 Å². The Hall–Kier alpha value is -1.92. The van der Waals surface area contributed by atoms with E-state index >= 15 is 0 Å². The standard InChI is InChI=1S/C14H10F6O4.Li/c1-2-24-12(23)11(22)6-10(21)7-3-8(13(15,16)17)5-9(4-7)14(18,19)20;/h3-6,21H,2H2,1H3;/q;+1/p-1/b10-6-;. The first-order valence-corrected chi connectivity index (χ1v) is 6.26. The first-order valence-electron chi connectivity index (χ1n) is 6.26. The fourth-order valence-electron chi connectivity index (χ4n) is 1.56. The van der Waals surface area contributed by atoms with Gasteiger partial charge in [-0.15, -0.1) is 0 Å². The molecule has 0 atom stereocenters. The smallest absolute Gasteiger partial charge is 0.872 e. The van der Waals surface area contributed by atoms with E-state index in [0.29, 0.717) is 0 Å². The first-order chi connectivity index (χ1) is 10.9. The van der Waals surface area contributed by atoms with Crippen molar-refractivity contribution >= 4 is 17.5 Å². The summed E-state index contributed by atoms with van der Waals surface area (Å²) in [6, 6.07) is 0.156. The summed E-state index contributed by atoms with van der Waals surface area (Å²) in [5, 5.41) is 11.7. The van der Waals surface area contributed by atoms with Gasteiger partial charge in [-0.2, -0.15) is 26.3 Å². The number of ether oxygens (including phenoxy) is 1. The normalized spacial score (nSPS) is 12.4. The molecule has 0 bridgehead atoms. The summed E-state index contributed by atoms with van der Waals surface area (Å²) in [4.78, 5) is 22.3. The Kier molecular flexibility index (Phi) is 7.80. The van der Waals surface area contributed by atoms with E-state index in [4.69, 9.17) is 0 Å². The fraction of sp³-hybridized carbons (Fsp3) is 0.286. The van der Waals surface area contributed by atoms with Gasteiger partial charge in [0.25, 0.3) is 5.78 Å². The summed E-state index contributed by atoms with van der Waals surface area (Å²) in [6.07, 6.45) is -10.2. The van der Waals surface area contributed by atoms with E-state index in [2.05, 4.69) is 4.74 Å². The van der Waals surface area contributed by atoms with Crippen LogP contribution in [0, 0.1) is 0 Å². The second kappa shape index (κ2) is 8.45. The quantitative estimate of drug-likeness (QED) is 0.182. The minimum absolute atomic E-state index is 0. The third-order valence-electron chi connectivity index (χ3n) is 2.61. The van der Waals surface area contributed by atoms with Crippen molar-refractivity contribution < 1.29 is 64.6 Å². The Labute approximate surface area is 149 Å². The summed E-state index contributed by atoms with van der Waals surface area (Å²) >= 11 is 0. The monoisotopic (exact) mass is 362 g/mol. The van der Waals surface area contributed by atoms with Gasteiger partial charge in [0.1, 0.15) is 0 Å². The van der Waals surface area contributed by atoms with E-state index in [-0.39, 0.29) is 49.7 Å². The minimum atomic E-state index is -5.14. The molecular weight excluding hydrogens is 353 g/mol. The summed E-state index contributed by atoms with van der Waals surface area (Å²) in [5.41, 5.74) is -4.45. The molecule has 0 saturated carbocycles. The van der Waals surface area contributed by atoms with Crippen LogP contribution in [-0.2, 0) is 26.7 Å². The molecule has 0 amide bonds. The zero-order valence-electron chi connectivity index (χ0n) is 12.9. The molecule has 0 radical (unpaired) electrons. The van der Waals surface area contributed by atoms with Gasteiger partial charge in [-0.3, -0.25) is 4.79 Å². The summed E-state index contributed by atoms with van der Waals surface area (Å²) in [7, 11) is 0. The number of hydrogen-bond acceptors (Lipinski definition) is 4. The molecule has 0 aromatic heterocycles. The van der Waals surface area contributed by atoms with Gasteiger partial charge in [0.05, 0.1) is 17.7 Å². The Balaban J connectivity index is 0.00000576. The molecule has 0 N–H and O–H groups in total. The van der Waals surface area contributed by atoms with Gasteiger partial charge < -0.3 is 9.84 Å². The molecule has 0 spiro atoms. The van der Waals surface area contributed by atoms with Crippen molar-refractivity contribution in [2.45, 2.75) is 19.3 Å². The van der Waals surface area contributed by atoms with Crippen LogP contribution in [0.25, 0.3) is 5.76 Å². The molecule has 0 saturated heterocycles. The number of alkyl halides is 6. The van der Waals surface area contributed by atoms with Crippen molar-refractivity contribution in [2.75, 3.05) is 6.61 Å². The van der Waals surface area contributed by atoms with Gasteiger partial charge in [-0.25, -0.2) is 4.79 Å². The Bertz CT molecular complexity index is 647. The second-order valence-electron chi connectivity index (χ2n) is 4.39. The summed E-state index contributed by atoms with van der Waals surface area (Å²) in [5.74, 6) is -4.42. The molecule has 25 heavy (non-hydrogen) atoms. The number of halogens is 6. The van der Waals surface area contributed by atoms with E-state index in [1.165, 1.54) is 6.92 Å². The number of benzene rings is 1. The molecule has 0 aliphatic rings. The van der Waals surface area contributed by atoms with Crippen LogP contribution in [0.4, 0.5) is 26.3 Å². The molecule has 0 heterocycles. The van der Waals surface area contributed by atoms with E-state index in [1.54, 1.807) is 0 Å². The molecule has 132 valence electrons. The van der Waals surface area contributed by atoms with Gasteiger partial charge in [0.2, 0.25) is 0 Å². The SMILES string of the molecule is CCOC(=O)C(=O)/C=C(\[O-])c1cc(C(F)(F)F)cc(C(F)(F)F)c1.[Li+]. The Morgan fingerprint density at radius 2 is 1.48 bits per heavy atom. The van der Waals surface area contributed by atoms with Crippen LogP contribution in [0.3, 0.4) is 0 Å². The van der Waals surface area contributed by atoms with Crippen LogP contribution >= 0.6 is 0 Å². The number of hydrogen-bond donors (Lipinski definition) is 0. The maximum atomic E-state index is 12.7. The van der Waals surface area contributed by atoms with Crippen LogP contribution in [0.1, 0.15) is 23.6 Å². The molecular formula is C14H9F6LiO4. The largest absolute Gasteiger partial charge is 1.00 e. The van der Waals surface area contributed by atoms with Crippen molar-refractivity contribution in [1.29, 1.82) is 0 Å². The third kappa shape index (κ3) is 6.47. The molecule has 4 nitrogen and oxygen atoms in total. The van der Waals surface area contributed by atoms with Crippen LogP contribution in [-0.4, -0.2) is 18.4 Å². The average Bonchev–Trinajstić information content (AvgIpc) is 2.45. The van der Waals surface area contributed by atoms with Crippen LogP contribution < -0.4 is 24.0 Å². The van der Waals surface area contributed by atoms with E-state index in [1.807, 2.05) is 0 Å². The van der Waals surface area contributed by atoms with E-state index in [0.717, 1.165) is 0 Å². The summed E-state index contributed by atoms with van der Waals surface area (Å²) in [6.45, 7) is 1.16. The number of rotatable bonds is 4. The number of esters is 1. The summed E-state index contributed by atoms with van der Waals surface area (Å²) < 4.78 is 80.2. The van der Waals surface area contributed by atoms with Crippen molar-refractivity contribution in [3.63, 3.8) is 0 Å². The number of ketones is 1. The first kappa shape index (κ1) is 23.1. The van der Waals surface area contributed by atoms with Gasteiger partial charge in [0.15, 0.2) is 0 Å². The number of carbonyl (C=O) groups is 2. The third-order valence-corrected chi connectivity index (χ3v) is 2.61. The fourth-order valence-corrected chi connectivity index (χ4v) is 1.56. The molecule has 1 aromatic rings. The van der Waals surface area contributed by atoms with E-state index in [9.17, 15) is 41.0 Å². The van der Waals surface area contributed by atoms with Crippen molar-refractivity contribution in [1.82, 2.24) is 0 Å². The second-order valence-corrected chi connectivity index (χ2v) is 4.39. The zero-order valence-corrected chi connectivity index (χ0v) is 12.9. The molecule has 0 unspecified atom stereocenters. The molecule has 0 fully saturated rings. The predicted molar refractivity (Wildman–Crippen MR) is 66.1 cm³/mol. The molecule has 11 heteroatoms. The van der Waals surface area contributed by atoms with Crippen LogP contribution in [0.15, 0.2) is 24.3 Å². The van der Waals surface area contributed by atoms with Crippen LogP contribution in [0.5, 0.6) is 0 Å². The van der Waals surface area contributed by atoms with Gasteiger partial charge in [0, 0.05) is 0 Å². The van der Waals surface area contributed by atoms with E-state index < -0.39 is 46.6 Å². The minimum Gasteiger partial charge on any atom is -0.872 e. The molecule has 0 aliphatic carbocycles. The van der Waals surface area contributed by atoms with Crippen molar-refractivity contribution in [3.05, 3.63) is 41.0 Å². The van der Waals surface area contributed by atoms with Crippen LogP contribution in [0.2, 0.25) is 0 Å². The maximum Gasteiger partial charge on any atom is 1.00 e. The predicted octanol–water partition coefficient (Wildman–Crippen LogP) is -0.438. The van der Waals surface area contributed by atoms with Gasteiger partial charge in [-0.1, -0.05) is 5.76 Å². The Morgan fingerprint density at radius 3 is 1.84 bits per heavy atom. The topological polar surface area (TPSA) is 66.4 Å². The molecule has 0 aliphatic heterocycles. The number of carbonyl (C=O) groups excluding carboxylic acids is 2. The zero-order chi connectivity index (χ0) is 18.7. The maximum absolute atomic E-state index is 12.7. The van der Waals surface area contributed by atoms with Crippen molar-refractivity contribution in [3.8, 4) is 0 Å². The Morgan fingerprint density at radius 1 is 1.04 bits per heavy atom. The van der Waals surface area contributed by atoms with Gasteiger partial charge >= 0.3 is 37.2 Å². The average molecular weight is 362 g/mol. The molecule has 1 aromatic carbocycles. The molecule has 1 rings (SSSR count). The van der Waals surface area contributed by atoms with Crippen molar-refractivity contribution in [2.24, 2.45) is 0 Å².